The molecule has 6 nitrogen and oxygen atoms in total. The minimum absolute atomic E-state index is 0. The molecule has 1 atom stereocenters. The van der Waals surface area contributed by atoms with Crippen molar-refractivity contribution in [3.8, 4) is 0 Å². The Hall–Kier alpha value is -1.18. The zero-order chi connectivity index (χ0) is 14.5. The standard InChI is InChI=1S/C13H16BrN3O3.ClH/c14-10-6-9(7-12(8-10)17(19)20)13(18)16-5-3-11-2-1-4-15-11;/h6-8,11,15H,1-5H2,(H,16,18);1H/t11-;/m1./s1. The second-order valence-corrected chi connectivity index (χ2v) is 5.71. The molecule has 0 saturated carbocycles. The molecule has 8 heteroatoms. The molecule has 1 aromatic carbocycles. The van der Waals surface area contributed by atoms with Crippen LogP contribution in [0.3, 0.4) is 0 Å². The van der Waals surface area contributed by atoms with Gasteiger partial charge in [0.05, 0.1) is 4.92 Å². The monoisotopic (exact) mass is 377 g/mol. The van der Waals surface area contributed by atoms with E-state index in [1.807, 2.05) is 0 Å². The van der Waals surface area contributed by atoms with Gasteiger partial charge in [0.2, 0.25) is 0 Å². The summed E-state index contributed by atoms with van der Waals surface area (Å²) in [5.41, 5.74) is 0.201. The van der Waals surface area contributed by atoms with Crippen LogP contribution in [0.4, 0.5) is 5.69 Å². The van der Waals surface area contributed by atoms with Gasteiger partial charge in [0.1, 0.15) is 0 Å². The maximum atomic E-state index is 12.0. The summed E-state index contributed by atoms with van der Waals surface area (Å²) in [4.78, 5) is 22.2. The number of nitrogens with zero attached hydrogens (tertiary/aromatic N) is 1. The lowest BCUT2D eigenvalue weighted by molar-refractivity contribution is -0.385. The Balaban J connectivity index is 0.00000220. The Labute approximate surface area is 137 Å². The fourth-order valence-corrected chi connectivity index (χ4v) is 2.76. The maximum absolute atomic E-state index is 12.0. The van der Waals surface area contributed by atoms with Crippen LogP contribution in [0.2, 0.25) is 0 Å². The number of carbonyl (C=O) groups is 1. The van der Waals surface area contributed by atoms with E-state index in [-0.39, 0.29) is 24.0 Å². The molecule has 0 aromatic heterocycles. The molecule has 0 spiro atoms. The van der Waals surface area contributed by atoms with Crippen molar-refractivity contribution < 1.29 is 9.72 Å². The number of hydrogen-bond acceptors (Lipinski definition) is 4. The summed E-state index contributed by atoms with van der Waals surface area (Å²) in [5.74, 6) is -0.285. The van der Waals surface area contributed by atoms with Crippen LogP contribution in [0.1, 0.15) is 29.6 Å². The third-order valence-corrected chi connectivity index (χ3v) is 3.75. The first-order valence-corrected chi connectivity index (χ1v) is 7.32. The van der Waals surface area contributed by atoms with Crippen molar-refractivity contribution in [1.29, 1.82) is 0 Å². The number of carbonyl (C=O) groups excluding carboxylic acids is 1. The summed E-state index contributed by atoms with van der Waals surface area (Å²) in [6.45, 7) is 1.60. The summed E-state index contributed by atoms with van der Waals surface area (Å²) in [6, 6.07) is 4.70. The van der Waals surface area contributed by atoms with Gasteiger partial charge in [-0.25, -0.2) is 0 Å². The molecule has 2 N–H and O–H groups in total. The topological polar surface area (TPSA) is 84.3 Å². The van der Waals surface area contributed by atoms with E-state index in [1.54, 1.807) is 6.07 Å². The minimum Gasteiger partial charge on any atom is -0.352 e. The van der Waals surface area contributed by atoms with Crippen LogP contribution in [0.25, 0.3) is 0 Å². The maximum Gasteiger partial charge on any atom is 0.271 e. The first kappa shape index (κ1) is 17.9. The van der Waals surface area contributed by atoms with Gasteiger partial charge in [0.25, 0.3) is 11.6 Å². The van der Waals surface area contributed by atoms with Crippen LogP contribution >= 0.6 is 28.3 Å². The van der Waals surface area contributed by atoms with Crippen LogP contribution in [-0.2, 0) is 0 Å². The Morgan fingerprint density at radius 1 is 1.48 bits per heavy atom. The van der Waals surface area contributed by atoms with Crippen molar-refractivity contribution in [2.24, 2.45) is 0 Å². The number of benzene rings is 1. The molecule has 1 fully saturated rings. The molecule has 1 amide bonds. The van der Waals surface area contributed by atoms with Crippen LogP contribution in [0, 0.1) is 10.1 Å². The van der Waals surface area contributed by atoms with E-state index in [0.29, 0.717) is 22.6 Å². The lowest BCUT2D eigenvalue weighted by atomic mass is 10.1. The van der Waals surface area contributed by atoms with Crippen molar-refractivity contribution in [1.82, 2.24) is 10.6 Å². The highest BCUT2D eigenvalue weighted by atomic mass is 79.9. The molecule has 1 aromatic rings. The van der Waals surface area contributed by atoms with Gasteiger partial charge in [-0.1, -0.05) is 15.9 Å². The highest BCUT2D eigenvalue weighted by Crippen LogP contribution is 2.21. The number of nitro groups is 1. The molecule has 21 heavy (non-hydrogen) atoms. The lowest BCUT2D eigenvalue weighted by Crippen LogP contribution is -2.30. The summed E-state index contributed by atoms with van der Waals surface area (Å²) < 4.78 is 0.523. The van der Waals surface area contributed by atoms with Gasteiger partial charge in [-0.05, 0) is 31.9 Å². The summed E-state index contributed by atoms with van der Waals surface area (Å²) in [7, 11) is 0. The zero-order valence-electron chi connectivity index (χ0n) is 11.3. The van der Waals surface area contributed by atoms with Crippen molar-refractivity contribution >= 4 is 39.9 Å². The highest BCUT2D eigenvalue weighted by Gasteiger charge is 2.16. The van der Waals surface area contributed by atoms with E-state index >= 15 is 0 Å². The summed E-state index contributed by atoms with van der Waals surface area (Å²) in [5, 5.41) is 16.9. The molecule has 0 aliphatic carbocycles. The molecule has 0 unspecified atom stereocenters. The third kappa shape index (κ3) is 5.26. The van der Waals surface area contributed by atoms with E-state index in [9.17, 15) is 14.9 Å². The number of nitrogens with one attached hydrogen (secondary N) is 2. The van der Waals surface area contributed by atoms with Crippen LogP contribution in [0.15, 0.2) is 22.7 Å². The van der Waals surface area contributed by atoms with Crippen LogP contribution in [0.5, 0.6) is 0 Å². The van der Waals surface area contributed by atoms with Gasteiger partial charge in [-0.2, -0.15) is 0 Å². The first-order valence-electron chi connectivity index (χ1n) is 6.53. The number of rotatable bonds is 5. The first-order chi connectivity index (χ1) is 9.56. The van der Waals surface area contributed by atoms with Gasteiger partial charge in [-0.15, -0.1) is 12.4 Å². The number of halogens is 2. The summed E-state index contributed by atoms with van der Waals surface area (Å²) >= 11 is 3.18. The average molecular weight is 379 g/mol. The third-order valence-electron chi connectivity index (χ3n) is 3.30. The largest absolute Gasteiger partial charge is 0.352 e. The Kier molecular flexibility index (Phi) is 7.07. The average Bonchev–Trinajstić information content (AvgIpc) is 2.91. The number of hydrogen-bond donors (Lipinski definition) is 2. The fraction of sp³-hybridized carbons (Fsp3) is 0.462. The molecule has 0 bridgehead atoms. The van der Waals surface area contributed by atoms with E-state index in [1.165, 1.54) is 18.6 Å². The van der Waals surface area contributed by atoms with E-state index in [2.05, 4.69) is 26.6 Å². The molecule has 1 aliphatic heterocycles. The predicted molar refractivity (Wildman–Crippen MR) is 86.0 cm³/mol. The molecule has 2 rings (SSSR count). The molecule has 1 saturated heterocycles. The molecule has 0 radical (unpaired) electrons. The minimum atomic E-state index is -0.510. The second kappa shape index (κ2) is 8.31. The van der Waals surface area contributed by atoms with E-state index < -0.39 is 4.92 Å². The van der Waals surface area contributed by atoms with E-state index in [0.717, 1.165) is 19.4 Å². The van der Waals surface area contributed by atoms with Crippen molar-refractivity contribution in [2.45, 2.75) is 25.3 Å². The van der Waals surface area contributed by atoms with Gasteiger partial charge in [-0.3, -0.25) is 14.9 Å². The normalized spacial score (nSPS) is 17.1. The van der Waals surface area contributed by atoms with Crippen LogP contribution < -0.4 is 10.6 Å². The quantitative estimate of drug-likeness (QED) is 0.609. The van der Waals surface area contributed by atoms with E-state index in [4.69, 9.17) is 0 Å². The fourth-order valence-electron chi connectivity index (χ4n) is 2.28. The molecular weight excluding hydrogens is 362 g/mol. The number of nitro benzene ring substituents is 1. The van der Waals surface area contributed by atoms with Crippen LogP contribution in [-0.4, -0.2) is 30.0 Å². The van der Waals surface area contributed by atoms with Crippen molar-refractivity contribution in [2.75, 3.05) is 13.1 Å². The number of non-ortho nitro benzene ring substituents is 1. The SMILES string of the molecule is Cl.O=C(NCC[C@H]1CCCN1)c1cc(Br)cc([N+](=O)[O-])c1. The smallest absolute Gasteiger partial charge is 0.271 e. The highest BCUT2D eigenvalue weighted by molar-refractivity contribution is 9.10. The van der Waals surface area contributed by atoms with Crippen molar-refractivity contribution in [3.05, 3.63) is 38.3 Å². The molecule has 1 heterocycles. The molecule has 116 valence electrons. The Bertz CT molecular complexity index is 521. The van der Waals surface area contributed by atoms with Crippen molar-refractivity contribution in [3.63, 3.8) is 0 Å². The second-order valence-electron chi connectivity index (χ2n) is 4.79. The molecular formula is C13H17BrClN3O3. The van der Waals surface area contributed by atoms with Gasteiger partial charge >= 0.3 is 0 Å². The lowest BCUT2D eigenvalue weighted by Gasteiger charge is -2.10. The zero-order valence-corrected chi connectivity index (χ0v) is 13.7. The van der Waals surface area contributed by atoms with Gasteiger partial charge in [0.15, 0.2) is 0 Å². The Morgan fingerprint density at radius 3 is 2.86 bits per heavy atom. The van der Waals surface area contributed by atoms with Gasteiger partial charge in [0, 0.05) is 34.8 Å². The Morgan fingerprint density at radius 2 is 2.24 bits per heavy atom. The predicted octanol–water partition coefficient (Wildman–Crippen LogP) is 2.65. The number of amides is 1. The molecule has 1 aliphatic rings. The summed E-state index contributed by atoms with van der Waals surface area (Å²) in [6.07, 6.45) is 3.19. The van der Waals surface area contributed by atoms with Gasteiger partial charge < -0.3 is 10.6 Å².